The molecule has 1 aliphatic carbocycles. The van der Waals surface area contributed by atoms with Crippen molar-refractivity contribution in [2.24, 2.45) is 5.92 Å². The van der Waals surface area contributed by atoms with Gasteiger partial charge in [-0.1, -0.05) is 36.6 Å². The normalized spacial score (nSPS) is 20.4. The average molecular weight is 490 g/mol. The average Bonchev–Trinajstić information content (AvgIpc) is 3.59. The maximum atomic E-state index is 14.0. The molecule has 9 heteroatoms. The number of hydrogen-bond acceptors (Lipinski definition) is 6. The Morgan fingerprint density at radius 2 is 1.86 bits per heavy atom. The maximum absolute atomic E-state index is 14.0. The Kier molecular flexibility index (Phi) is 7.27. The number of para-hydroxylation sites is 1. The molecule has 9 nitrogen and oxygen atoms in total. The van der Waals surface area contributed by atoms with Crippen LogP contribution < -0.4 is 10.6 Å². The highest BCUT2D eigenvalue weighted by Crippen LogP contribution is 2.35. The minimum absolute atomic E-state index is 0.0330. The molecule has 1 aliphatic heterocycles. The summed E-state index contributed by atoms with van der Waals surface area (Å²) >= 11 is 0. The Labute approximate surface area is 211 Å². The van der Waals surface area contributed by atoms with Crippen LogP contribution in [0.1, 0.15) is 63.5 Å². The predicted octanol–water partition coefficient (Wildman–Crippen LogP) is 3.15. The zero-order chi connectivity index (χ0) is 25.1. The molecule has 1 aromatic carbocycles. The summed E-state index contributed by atoms with van der Waals surface area (Å²) in [5.41, 5.74) is 2.73. The van der Waals surface area contributed by atoms with Crippen LogP contribution in [0.3, 0.4) is 0 Å². The number of nitrogens with zero attached hydrogens (tertiary/aromatic N) is 5. The third kappa shape index (κ3) is 4.84. The zero-order valence-corrected chi connectivity index (χ0v) is 21.1. The summed E-state index contributed by atoms with van der Waals surface area (Å²) in [7, 11) is 1.76. The molecule has 0 spiro atoms. The van der Waals surface area contributed by atoms with Crippen molar-refractivity contribution in [3.8, 4) is 5.82 Å². The van der Waals surface area contributed by atoms with Gasteiger partial charge in [-0.2, -0.15) is 4.68 Å². The second kappa shape index (κ2) is 10.7. The smallest absolute Gasteiger partial charge is 0.245 e. The molecule has 3 heterocycles. The van der Waals surface area contributed by atoms with E-state index in [1.165, 1.54) is 6.42 Å². The van der Waals surface area contributed by atoms with Crippen molar-refractivity contribution in [2.75, 3.05) is 13.6 Å². The number of likely N-dealkylation sites (tertiary alicyclic amines) is 1. The first-order chi connectivity index (χ1) is 17.6. The van der Waals surface area contributed by atoms with E-state index in [1.807, 2.05) is 48.2 Å². The summed E-state index contributed by atoms with van der Waals surface area (Å²) in [6.45, 7) is 2.51. The third-order valence-electron chi connectivity index (χ3n) is 7.77. The lowest BCUT2D eigenvalue weighted by Gasteiger charge is -2.35. The number of pyridine rings is 1. The third-order valence-corrected chi connectivity index (χ3v) is 7.77. The van der Waals surface area contributed by atoms with Crippen molar-refractivity contribution in [3.05, 3.63) is 48.2 Å². The van der Waals surface area contributed by atoms with Crippen LogP contribution in [-0.2, 0) is 9.59 Å². The summed E-state index contributed by atoms with van der Waals surface area (Å²) < 4.78 is 1.74. The maximum Gasteiger partial charge on any atom is 0.245 e. The van der Waals surface area contributed by atoms with Gasteiger partial charge < -0.3 is 15.5 Å². The second-order valence-electron chi connectivity index (χ2n) is 10.0. The Hall–Kier alpha value is -3.33. The molecule has 2 aromatic heterocycles. The molecule has 3 aromatic rings. The van der Waals surface area contributed by atoms with E-state index in [1.54, 1.807) is 17.9 Å². The van der Waals surface area contributed by atoms with E-state index in [0.29, 0.717) is 12.4 Å². The van der Waals surface area contributed by atoms with Crippen LogP contribution in [-0.4, -0.2) is 62.4 Å². The van der Waals surface area contributed by atoms with Crippen LogP contribution in [0, 0.1) is 5.92 Å². The molecule has 2 aliphatic rings. The summed E-state index contributed by atoms with van der Waals surface area (Å²) in [4.78, 5) is 33.3. The minimum atomic E-state index is -0.491. The van der Waals surface area contributed by atoms with Gasteiger partial charge in [0.1, 0.15) is 11.6 Å². The fourth-order valence-corrected chi connectivity index (χ4v) is 5.61. The van der Waals surface area contributed by atoms with Gasteiger partial charge in [-0.15, -0.1) is 5.10 Å². The number of nitrogens with one attached hydrogen (secondary N) is 2. The standard InChI is InChI=1S/C27H35N7O2/c1-18(28-2)26(35)30-25(19-9-4-3-5-10-19)27(36)33-16-8-13-22(33)20-14-15-29-24(17-20)34-23-12-7-6-11-21(23)31-32-34/h6-7,11-12,14-15,17-19,22,25,28H,3-5,8-10,13,16H2,1-2H3,(H,30,35)/t18?,22-,25-/m0/s1. The molecule has 1 unspecified atom stereocenters. The number of hydrogen-bond donors (Lipinski definition) is 2. The number of likely N-dealkylation sites (N-methyl/N-ethyl adjacent to an activating group) is 1. The van der Waals surface area contributed by atoms with Gasteiger partial charge >= 0.3 is 0 Å². The Morgan fingerprint density at radius 1 is 1.06 bits per heavy atom. The molecule has 0 bridgehead atoms. The molecule has 0 radical (unpaired) electrons. The molecular formula is C27H35N7O2. The Morgan fingerprint density at radius 3 is 2.67 bits per heavy atom. The van der Waals surface area contributed by atoms with E-state index >= 15 is 0 Å². The molecule has 2 N–H and O–H groups in total. The molecule has 190 valence electrons. The van der Waals surface area contributed by atoms with Crippen LogP contribution in [0.15, 0.2) is 42.6 Å². The lowest BCUT2D eigenvalue weighted by Crippen LogP contribution is -2.55. The van der Waals surface area contributed by atoms with Crippen molar-refractivity contribution in [2.45, 2.75) is 70.0 Å². The first-order valence-electron chi connectivity index (χ1n) is 13.1. The highest BCUT2D eigenvalue weighted by atomic mass is 16.2. The number of aromatic nitrogens is 4. The van der Waals surface area contributed by atoms with Crippen molar-refractivity contribution in [1.82, 2.24) is 35.5 Å². The molecule has 2 amide bonds. The number of benzene rings is 1. The van der Waals surface area contributed by atoms with E-state index in [2.05, 4.69) is 25.9 Å². The van der Waals surface area contributed by atoms with Gasteiger partial charge in [0.25, 0.3) is 0 Å². The number of carbonyl (C=O) groups is 2. The van der Waals surface area contributed by atoms with E-state index < -0.39 is 6.04 Å². The van der Waals surface area contributed by atoms with E-state index in [9.17, 15) is 9.59 Å². The van der Waals surface area contributed by atoms with E-state index in [-0.39, 0.29) is 29.8 Å². The highest BCUT2D eigenvalue weighted by Gasteiger charge is 2.39. The topological polar surface area (TPSA) is 105 Å². The van der Waals surface area contributed by atoms with Gasteiger partial charge in [-0.3, -0.25) is 9.59 Å². The molecule has 36 heavy (non-hydrogen) atoms. The lowest BCUT2D eigenvalue weighted by molar-refractivity contribution is -0.139. The van der Waals surface area contributed by atoms with Crippen LogP contribution in [0.4, 0.5) is 0 Å². The van der Waals surface area contributed by atoms with Crippen LogP contribution in [0.5, 0.6) is 0 Å². The molecule has 1 saturated carbocycles. The van der Waals surface area contributed by atoms with Crippen LogP contribution in [0.25, 0.3) is 16.9 Å². The van der Waals surface area contributed by atoms with Crippen molar-refractivity contribution in [1.29, 1.82) is 0 Å². The monoisotopic (exact) mass is 489 g/mol. The summed E-state index contributed by atoms with van der Waals surface area (Å²) in [5.74, 6) is 0.766. The van der Waals surface area contributed by atoms with Crippen LogP contribution in [0.2, 0.25) is 0 Å². The number of carbonyl (C=O) groups excluding carboxylic acids is 2. The summed E-state index contributed by atoms with van der Waals surface area (Å²) in [6.07, 6.45) is 8.94. The van der Waals surface area contributed by atoms with E-state index in [4.69, 9.17) is 0 Å². The quantitative estimate of drug-likeness (QED) is 0.528. The van der Waals surface area contributed by atoms with Gasteiger partial charge in [0.05, 0.1) is 17.6 Å². The van der Waals surface area contributed by atoms with Crippen molar-refractivity contribution < 1.29 is 9.59 Å². The zero-order valence-electron chi connectivity index (χ0n) is 21.1. The number of fused-ring (bicyclic) bond motifs is 1. The van der Waals surface area contributed by atoms with Gasteiger partial charge in [0.15, 0.2) is 5.82 Å². The first kappa shape index (κ1) is 24.4. The Bertz CT molecular complexity index is 1220. The highest BCUT2D eigenvalue weighted by molar-refractivity contribution is 5.90. The molecular weight excluding hydrogens is 454 g/mol. The van der Waals surface area contributed by atoms with Crippen molar-refractivity contribution in [3.63, 3.8) is 0 Å². The molecule has 3 atom stereocenters. The summed E-state index contributed by atoms with van der Waals surface area (Å²) in [5, 5.41) is 14.7. The summed E-state index contributed by atoms with van der Waals surface area (Å²) in [6, 6.07) is 10.9. The number of rotatable bonds is 7. The van der Waals surface area contributed by atoms with Gasteiger partial charge in [0.2, 0.25) is 11.8 Å². The number of amides is 2. The SMILES string of the molecule is CNC(C)C(=O)N[C@H](C(=O)N1CCC[C@H]1c1ccnc(-n2nnc3ccccc32)c1)C1CCCCC1. The Balaban J connectivity index is 1.41. The molecule has 2 fully saturated rings. The fourth-order valence-electron chi connectivity index (χ4n) is 5.61. The molecule has 5 rings (SSSR count). The molecule has 1 saturated heterocycles. The van der Waals surface area contributed by atoms with E-state index in [0.717, 1.165) is 55.1 Å². The van der Waals surface area contributed by atoms with Gasteiger partial charge in [-0.25, -0.2) is 4.98 Å². The largest absolute Gasteiger partial charge is 0.343 e. The lowest BCUT2D eigenvalue weighted by atomic mass is 9.83. The predicted molar refractivity (Wildman–Crippen MR) is 137 cm³/mol. The van der Waals surface area contributed by atoms with Crippen molar-refractivity contribution >= 4 is 22.8 Å². The minimum Gasteiger partial charge on any atom is -0.343 e. The van der Waals surface area contributed by atoms with Gasteiger partial charge in [0, 0.05) is 12.7 Å². The van der Waals surface area contributed by atoms with Gasteiger partial charge in [-0.05, 0) is 75.4 Å². The van der Waals surface area contributed by atoms with Crippen LogP contribution >= 0.6 is 0 Å². The second-order valence-corrected chi connectivity index (χ2v) is 10.0. The fraction of sp³-hybridized carbons (Fsp3) is 0.519. The first-order valence-corrected chi connectivity index (χ1v) is 13.1.